The number of hydrogen-bond acceptors (Lipinski definition) is 4. The van der Waals surface area contributed by atoms with E-state index in [1.807, 2.05) is 0 Å². The Bertz CT molecular complexity index is 295. The SMILES string of the molecule is CCC1(CC)OC[C@H](C/C=C\CCCC(=O)OC)O1. The highest BCUT2D eigenvalue weighted by Crippen LogP contribution is 2.31. The molecule has 1 aliphatic heterocycles. The van der Waals surface area contributed by atoms with E-state index in [2.05, 4.69) is 30.7 Å². The van der Waals surface area contributed by atoms with Gasteiger partial charge in [-0.1, -0.05) is 26.0 Å². The van der Waals surface area contributed by atoms with Crippen molar-refractivity contribution in [1.82, 2.24) is 0 Å². The summed E-state index contributed by atoms with van der Waals surface area (Å²) in [4.78, 5) is 10.9. The Kier molecular flexibility index (Phi) is 7.10. The number of carbonyl (C=O) groups is 1. The van der Waals surface area contributed by atoms with Gasteiger partial charge in [0, 0.05) is 6.42 Å². The quantitative estimate of drug-likeness (QED) is 0.386. The van der Waals surface area contributed by atoms with E-state index in [4.69, 9.17) is 9.47 Å². The van der Waals surface area contributed by atoms with Crippen molar-refractivity contribution in [2.24, 2.45) is 0 Å². The van der Waals surface area contributed by atoms with Crippen molar-refractivity contribution in [2.45, 2.75) is 64.3 Å². The summed E-state index contributed by atoms with van der Waals surface area (Å²) in [6.07, 6.45) is 9.26. The molecule has 0 aromatic carbocycles. The molecule has 0 aliphatic carbocycles. The molecule has 0 aromatic heterocycles. The van der Waals surface area contributed by atoms with E-state index in [9.17, 15) is 4.79 Å². The second-order valence-electron chi connectivity index (χ2n) is 4.84. The molecular weight excluding hydrogens is 244 g/mol. The number of unbranched alkanes of at least 4 members (excludes halogenated alkanes) is 1. The number of rotatable bonds is 8. The van der Waals surface area contributed by atoms with Crippen molar-refractivity contribution < 1.29 is 19.0 Å². The molecule has 1 heterocycles. The molecule has 0 N–H and O–H groups in total. The van der Waals surface area contributed by atoms with Crippen LogP contribution in [0.25, 0.3) is 0 Å². The Morgan fingerprint density at radius 3 is 2.68 bits per heavy atom. The second kappa shape index (κ2) is 8.33. The molecule has 1 aliphatic rings. The fourth-order valence-electron chi connectivity index (χ4n) is 2.19. The predicted molar refractivity (Wildman–Crippen MR) is 73.8 cm³/mol. The van der Waals surface area contributed by atoms with Gasteiger partial charge in [-0.3, -0.25) is 4.79 Å². The number of methoxy groups -OCH3 is 1. The lowest BCUT2D eigenvalue weighted by atomic mass is 10.1. The lowest BCUT2D eigenvalue weighted by Crippen LogP contribution is -2.28. The molecule has 0 unspecified atom stereocenters. The van der Waals surface area contributed by atoms with Crippen LogP contribution in [0.15, 0.2) is 12.2 Å². The Labute approximate surface area is 116 Å². The molecule has 19 heavy (non-hydrogen) atoms. The van der Waals surface area contributed by atoms with E-state index in [-0.39, 0.29) is 17.9 Å². The smallest absolute Gasteiger partial charge is 0.305 e. The molecule has 1 atom stereocenters. The molecule has 0 amide bonds. The maximum absolute atomic E-state index is 10.9. The van der Waals surface area contributed by atoms with Crippen molar-refractivity contribution in [3.05, 3.63) is 12.2 Å². The van der Waals surface area contributed by atoms with Crippen LogP contribution >= 0.6 is 0 Å². The van der Waals surface area contributed by atoms with Crippen LogP contribution in [0.5, 0.6) is 0 Å². The minimum Gasteiger partial charge on any atom is -0.469 e. The molecule has 1 fully saturated rings. The third-order valence-corrected chi connectivity index (χ3v) is 3.54. The molecule has 110 valence electrons. The Morgan fingerprint density at radius 1 is 1.37 bits per heavy atom. The van der Waals surface area contributed by atoms with Crippen molar-refractivity contribution in [1.29, 1.82) is 0 Å². The summed E-state index contributed by atoms with van der Waals surface area (Å²) in [6.45, 7) is 4.86. The van der Waals surface area contributed by atoms with E-state index in [1.54, 1.807) is 0 Å². The van der Waals surface area contributed by atoms with Gasteiger partial charge in [0.05, 0.1) is 19.8 Å². The molecule has 0 radical (unpaired) electrons. The molecule has 0 saturated carbocycles. The monoisotopic (exact) mass is 270 g/mol. The summed E-state index contributed by atoms with van der Waals surface area (Å²) in [6, 6.07) is 0. The lowest BCUT2D eigenvalue weighted by molar-refractivity contribution is -0.171. The molecular formula is C15H26O4. The number of hydrogen-bond donors (Lipinski definition) is 0. The van der Waals surface area contributed by atoms with Gasteiger partial charge in [-0.05, 0) is 32.1 Å². The Morgan fingerprint density at radius 2 is 2.11 bits per heavy atom. The zero-order valence-electron chi connectivity index (χ0n) is 12.3. The maximum atomic E-state index is 10.9. The standard InChI is InChI=1S/C15H26O4/c1-4-15(5-2)18-12-13(19-15)10-8-6-7-9-11-14(16)17-3/h6,8,13H,4-5,7,9-12H2,1-3H3/b8-6-/t13-/m0/s1. The zero-order chi connectivity index (χ0) is 14.1. The van der Waals surface area contributed by atoms with Crippen molar-refractivity contribution in [3.8, 4) is 0 Å². The number of esters is 1. The van der Waals surface area contributed by atoms with Gasteiger partial charge < -0.3 is 14.2 Å². The van der Waals surface area contributed by atoms with Crippen LogP contribution in [0, 0.1) is 0 Å². The first kappa shape index (κ1) is 16.2. The van der Waals surface area contributed by atoms with Crippen LogP contribution in [0.3, 0.4) is 0 Å². The fraction of sp³-hybridized carbons (Fsp3) is 0.800. The van der Waals surface area contributed by atoms with Gasteiger partial charge in [0.2, 0.25) is 0 Å². The molecule has 1 saturated heterocycles. The Balaban J connectivity index is 2.15. The van der Waals surface area contributed by atoms with Crippen LogP contribution in [0.4, 0.5) is 0 Å². The average Bonchev–Trinajstić information content (AvgIpc) is 2.86. The average molecular weight is 270 g/mol. The number of allylic oxidation sites excluding steroid dienone is 1. The Hall–Kier alpha value is -0.870. The van der Waals surface area contributed by atoms with E-state index >= 15 is 0 Å². The largest absolute Gasteiger partial charge is 0.469 e. The van der Waals surface area contributed by atoms with Crippen molar-refractivity contribution in [3.63, 3.8) is 0 Å². The second-order valence-corrected chi connectivity index (χ2v) is 4.84. The first-order valence-electron chi connectivity index (χ1n) is 7.19. The van der Waals surface area contributed by atoms with Gasteiger partial charge in [-0.25, -0.2) is 0 Å². The predicted octanol–water partition coefficient (Wildman–Crippen LogP) is 3.21. The van der Waals surface area contributed by atoms with E-state index in [0.29, 0.717) is 13.0 Å². The van der Waals surface area contributed by atoms with Gasteiger partial charge in [0.1, 0.15) is 0 Å². The first-order chi connectivity index (χ1) is 9.15. The van der Waals surface area contributed by atoms with Gasteiger partial charge >= 0.3 is 5.97 Å². The van der Waals surface area contributed by atoms with Gasteiger partial charge in [-0.2, -0.15) is 0 Å². The van der Waals surface area contributed by atoms with Crippen LogP contribution in [-0.4, -0.2) is 31.6 Å². The van der Waals surface area contributed by atoms with E-state index < -0.39 is 0 Å². The topological polar surface area (TPSA) is 44.8 Å². The highest BCUT2D eigenvalue weighted by molar-refractivity contribution is 5.68. The van der Waals surface area contributed by atoms with Crippen LogP contribution in [0.2, 0.25) is 0 Å². The molecule has 4 heteroatoms. The van der Waals surface area contributed by atoms with Gasteiger partial charge in [0.15, 0.2) is 5.79 Å². The third kappa shape index (κ3) is 5.33. The molecule has 0 bridgehead atoms. The summed E-state index contributed by atoms with van der Waals surface area (Å²) in [5.41, 5.74) is 0. The molecule has 0 spiro atoms. The number of ether oxygens (including phenoxy) is 3. The van der Waals surface area contributed by atoms with E-state index in [0.717, 1.165) is 32.1 Å². The van der Waals surface area contributed by atoms with Crippen LogP contribution in [-0.2, 0) is 19.0 Å². The first-order valence-corrected chi connectivity index (χ1v) is 7.19. The number of carbonyl (C=O) groups excluding carboxylic acids is 1. The summed E-state index contributed by atoms with van der Waals surface area (Å²) in [7, 11) is 1.42. The summed E-state index contributed by atoms with van der Waals surface area (Å²) >= 11 is 0. The van der Waals surface area contributed by atoms with Crippen LogP contribution < -0.4 is 0 Å². The summed E-state index contributed by atoms with van der Waals surface area (Å²) in [5.74, 6) is -0.500. The lowest BCUT2D eigenvalue weighted by Gasteiger charge is -2.24. The highest BCUT2D eigenvalue weighted by Gasteiger charge is 2.37. The van der Waals surface area contributed by atoms with Crippen LogP contribution in [0.1, 0.15) is 52.4 Å². The summed E-state index contributed by atoms with van der Waals surface area (Å²) in [5, 5.41) is 0. The molecule has 1 rings (SSSR count). The highest BCUT2D eigenvalue weighted by atomic mass is 16.7. The zero-order valence-corrected chi connectivity index (χ0v) is 12.3. The van der Waals surface area contributed by atoms with Gasteiger partial charge in [0.25, 0.3) is 0 Å². The molecule has 0 aromatic rings. The summed E-state index contributed by atoms with van der Waals surface area (Å²) < 4.78 is 16.3. The van der Waals surface area contributed by atoms with Crippen molar-refractivity contribution >= 4 is 5.97 Å². The fourth-order valence-corrected chi connectivity index (χ4v) is 2.19. The van der Waals surface area contributed by atoms with Crippen molar-refractivity contribution in [2.75, 3.05) is 13.7 Å². The minimum atomic E-state index is -0.358. The molecule has 4 nitrogen and oxygen atoms in total. The maximum Gasteiger partial charge on any atom is 0.305 e. The van der Waals surface area contributed by atoms with E-state index in [1.165, 1.54) is 7.11 Å². The third-order valence-electron chi connectivity index (χ3n) is 3.54. The minimum absolute atomic E-state index is 0.142. The normalized spacial score (nSPS) is 21.9. The van der Waals surface area contributed by atoms with Gasteiger partial charge in [-0.15, -0.1) is 0 Å².